The second-order valence-electron chi connectivity index (χ2n) is 5.33. The van der Waals surface area contributed by atoms with Crippen LogP contribution in [0.3, 0.4) is 0 Å². The van der Waals surface area contributed by atoms with Crippen LogP contribution >= 0.6 is 23.3 Å². The number of rotatable bonds is 7. The Bertz CT molecular complexity index is 812. The predicted octanol–water partition coefficient (Wildman–Crippen LogP) is 2.35. The first-order chi connectivity index (χ1) is 12.0. The summed E-state index contributed by atoms with van der Waals surface area (Å²) < 4.78 is 24.6. The summed E-state index contributed by atoms with van der Waals surface area (Å²) in [7, 11) is 1.50. The van der Waals surface area contributed by atoms with Gasteiger partial charge in [0.25, 0.3) is 0 Å². The van der Waals surface area contributed by atoms with E-state index in [1.165, 1.54) is 55.2 Å². The van der Waals surface area contributed by atoms with Gasteiger partial charge in [-0.05, 0) is 36.2 Å². The molecule has 0 aliphatic heterocycles. The van der Waals surface area contributed by atoms with E-state index in [1.807, 2.05) is 6.92 Å². The van der Waals surface area contributed by atoms with Crippen LogP contribution in [0.5, 0.6) is 6.01 Å². The lowest BCUT2D eigenvalue weighted by molar-refractivity contribution is 0.0167. The van der Waals surface area contributed by atoms with Crippen molar-refractivity contribution in [2.75, 3.05) is 7.11 Å². The number of benzene rings is 1. The van der Waals surface area contributed by atoms with Gasteiger partial charge in [0.15, 0.2) is 4.34 Å². The molecule has 10 heteroatoms. The van der Waals surface area contributed by atoms with Gasteiger partial charge in [-0.1, -0.05) is 23.9 Å². The number of thioether (sulfide) groups is 1. The Labute approximate surface area is 152 Å². The van der Waals surface area contributed by atoms with Crippen molar-refractivity contribution >= 4 is 23.3 Å². The highest BCUT2D eigenvalue weighted by atomic mass is 32.2. The minimum atomic E-state index is -1.31. The Morgan fingerprint density at radius 2 is 2.16 bits per heavy atom. The van der Waals surface area contributed by atoms with Crippen LogP contribution in [-0.2, 0) is 12.1 Å². The van der Waals surface area contributed by atoms with E-state index in [-0.39, 0.29) is 17.6 Å². The van der Waals surface area contributed by atoms with Gasteiger partial charge >= 0.3 is 6.01 Å². The third kappa shape index (κ3) is 3.97. The molecule has 0 aliphatic rings. The lowest BCUT2D eigenvalue weighted by Gasteiger charge is -2.33. The van der Waals surface area contributed by atoms with E-state index in [2.05, 4.69) is 19.4 Å². The molecule has 25 heavy (non-hydrogen) atoms. The highest BCUT2D eigenvalue weighted by Crippen LogP contribution is 2.39. The van der Waals surface area contributed by atoms with Crippen LogP contribution in [0.15, 0.2) is 41.3 Å². The first kappa shape index (κ1) is 17.8. The number of hydrogen-bond donors (Lipinski definition) is 1. The minimum absolute atomic E-state index is 0.169. The Balaban J connectivity index is 1.90. The van der Waals surface area contributed by atoms with Crippen molar-refractivity contribution < 1.29 is 14.2 Å². The first-order valence-corrected chi connectivity index (χ1v) is 9.02. The van der Waals surface area contributed by atoms with Gasteiger partial charge in [0, 0.05) is 5.25 Å². The molecule has 0 spiro atoms. The molecule has 0 radical (unpaired) electrons. The van der Waals surface area contributed by atoms with Gasteiger partial charge < -0.3 is 9.84 Å². The van der Waals surface area contributed by atoms with Gasteiger partial charge in [0.2, 0.25) is 0 Å². The van der Waals surface area contributed by atoms with Gasteiger partial charge in [0.1, 0.15) is 24.1 Å². The molecule has 1 N–H and O–H groups in total. The van der Waals surface area contributed by atoms with Crippen molar-refractivity contribution in [1.82, 2.24) is 24.1 Å². The number of methoxy groups -OCH3 is 1. The number of hydrogen-bond acceptors (Lipinski definition) is 8. The van der Waals surface area contributed by atoms with Crippen molar-refractivity contribution in [3.63, 3.8) is 0 Å². The van der Waals surface area contributed by atoms with E-state index in [9.17, 15) is 9.50 Å². The number of halogens is 1. The van der Waals surface area contributed by atoms with Crippen molar-refractivity contribution in [2.45, 2.75) is 28.7 Å². The summed E-state index contributed by atoms with van der Waals surface area (Å²) >= 11 is 2.56. The predicted molar refractivity (Wildman–Crippen MR) is 92.1 cm³/mol. The topological polar surface area (TPSA) is 86.0 Å². The zero-order valence-electron chi connectivity index (χ0n) is 13.5. The second kappa shape index (κ2) is 7.46. The van der Waals surface area contributed by atoms with Gasteiger partial charge in [-0.25, -0.2) is 14.1 Å². The summed E-state index contributed by atoms with van der Waals surface area (Å²) in [6.45, 7) is 2.04. The van der Waals surface area contributed by atoms with Crippen LogP contribution < -0.4 is 4.74 Å². The summed E-state index contributed by atoms with van der Waals surface area (Å²) in [5, 5.41) is 15.2. The van der Waals surface area contributed by atoms with Crippen molar-refractivity contribution in [3.05, 3.63) is 48.3 Å². The normalized spacial score (nSPS) is 14.9. The van der Waals surface area contributed by atoms with Gasteiger partial charge in [0.05, 0.1) is 13.7 Å². The largest absolute Gasteiger partial charge is 0.466 e. The molecule has 2 heterocycles. The van der Waals surface area contributed by atoms with E-state index < -0.39 is 5.60 Å². The van der Waals surface area contributed by atoms with Crippen LogP contribution in [0.25, 0.3) is 0 Å². The summed E-state index contributed by atoms with van der Waals surface area (Å²) in [6, 6.07) is 6.09. The lowest BCUT2D eigenvalue weighted by Crippen LogP contribution is -2.40. The summed E-state index contributed by atoms with van der Waals surface area (Å²) in [6.07, 6.45) is 2.93. The second-order valence-corrected chi connectivity index (χ2v) is 7.67. The summed E-state index contributed by atoms with van der Waals surface area (Å²) in [5.74, 6) is -0.360. The van der Waals surface area contributed by atoms with Crippen molar-refractivity contribution in [1.29, 1.82) is 0 Å². The molecule has 2 aromatic heterocycles. The molecule has 0 saturated heterocycles. The SMILES string of the molecule is COc1nsc(S[C@H](C)C(O)(Cn2cncn2)c2ccc(F)cc2)n1. The van der Waals surface area contributed by atoms with Crippen LogP contribution in [0, 0.1) is 5.82 Å². The quantitative estimate of drug-likeness (QED) is 0.629. The van der Waals surface area contributed by atoms with E-state index in [1.54, 1.807) is 16.8 Å². The molecule has 0 amide bonds. The van der Waals surface area contributed by atoms with E-state index in [4.69, 9.17) is 4.74 Å². The number of aromatic nitrogens is 5. The molecule has 3 aromatic rings. The Morgan fingerprint density at radius 3 is 2.76 bits per heavy atom. The first-order valence-electron chi connectivity index (χ1n) is 7.36. The van der Waals surface area contributed by atoms with Crippen LogP contribution in [-0.4, -0.2) is 41.6 Å². The smallest absolute Gasteiger partial charge is 0.329 e. The highest BCUT2D eigenvalue weighted by molar-refractivity contribution is 8.01. The molecular formula is C15H16FN5O2S2. The van der Waals surface area contributed by atoms with Crippen molar-refractivity contribution in [2.24, 2.45) is 0 Å². The molecule has 3 rings (SSSR count). The minimum Gasteiger partial charge on any atom is -0.466 e. The maximum atomic E-state index is 13.3. The Hall–Kier alpha value is -2.04. The average Bonchev–Trinajstić information content (AvgIpc) is 3.27. The van der Waals surface area contributed by atoms with E-state index in [0.29, 0.717) is 15.9 Å². The van der Waals surface area contributed by atoms with E-state index in [0.717, 1.165) is 0 Å². The molecule has 2 atom stereocenters. The zero-order chi connectivity index (χ0) is 17.9. The maximum Gasteiger partial charge on any atom is 0.329 e. The standard InChI is InChI=1S/C15H16FN5O2S2/c1-10(24-14-19-13(23-2)20-25-14)15(22,7-21-9-17-8-18-21)11-3-5-12(16)6-4-11/h3-6,8-10,22H,7H2,1-2H3/t10-,15?/m1/s1. The number of nitrogens with zero attached hydrogens (tertiary/aromatic N) is 5. The third-order valence-electron chi connectivity index (χ3n) is 3.74. The van der Waals surface area contributed by atoms with Crippen LogP contribution in [0.4, 0.5) is 4.39 Å². The summed E-state index contributed by atoms with van der Waals surface area (Å²) in [4.78, 5) is 8.14. The van der Waals surface area contributed by atoms with Crippen LogP contribution in [0.1, 0.15) is 12.5 Å². The van der Waals surface area contributed by atoms with Crippen LogP contribution in [0.2, 0.25) is 0 Å². The zero-order valence-corrected chi connectivity index (χ0v) is 15.2. The summed E-state index contributed by atoms with van der Waals surface area (Å²) in [5.41, 5.74) is -0.730. The molecule has 1 unspecified atom stereocenters. The lowest BCUT2D eigenvalue weighted by atomic mass is 9.90. The number of ether oxygens (including phenoxy) is 1. The third-order valence-corrected chi connectivity index (χ3v) is 5.78. The van der Waals surface area contributed by atoms with Gasteiger partial charge in [-0.15, -0.1) is 4.37 Å². The monoisotopic (exact) mass is 381 g/mol. The molecular weight excluding hydrogens is 365 g/mol. The Kier molecular flexibility index (Phi) is 5.30. The van der Waals surface area contributed by atoms with Crippen molar-refractivity contribution in [3.8, 4) is 6.01 Å². The highest BCUT2D eigenvalue weighted by Gasteiger charge is 2.38. The van der Waals surface area contributed by atoms with Gasteiger partial charge in [-0.3, -0.25) is 0 Å². The fourth-order valence-electron chi connectivity index (χ4n) is 2.33. The molecule has 0 fully saturated rings. The molecule has 132 valence electrons. The maximum absolute atomic E-state index is 13.3. The molecule has 0 aliphatic carbocycles. The molecule has 7 nitrogen and oxygen atoms in total. The Morgan fingerprint density at radius 1 is 1.40 bits per heavy atom. The molecule has 0 bridgehead atoms. The fraction of sp³-hybridized carbons (Fsp3) is 0.333. The van der Waals surface area contributed by atoms with Gasteiger partial charge in [-0.2, -0.15) is 10.1 Å². The van der Waals surface area contributed by atoms with E-state index >= 15 is 0 Å². The average molecular weight is 381 g/mol. The molecule has 0 saturated carbocycles. The number of aliphatic hydroxyl groups is 1. The fourth-order valence-corrected chi connectivity index (χ4v) is 4.28. The molecule has 1 aromatic carbocycles.